The molecule has 0 aromatic heterocycles. The number of halogens is 1. The number of hydrogen-bond donors (Lipinski definition) is 3. The number of carbonyl (C=O) groups excluding carboxylic acids is 1. The average Bonchev–Trinajstić information content (AvgIpc) is 2.58. The number of nitrogens with one attached hydrogen (secondary N) is 3. The molecule has 6 nitrogen and oxygen atoms in total. The van der Waals surface area contributed by atoms with Crippen molar-refractivity contribution < 1.29 is 4.79 Å². The molecule has 0 bridgehead atoms. The van der Waals surface area contributed by atoms with Crippen LogP contribution in [0.15, 0.2) is 29.3 Å². The molecule has 25 heavy (non-hydrogen) atoms. The Morgan fingerprint density at radius 1 is 1.16 bits per heavy atom. The number of nitrogens with zero attached hydrogens (tertiary/aromatic N) is 2. The van der Waals surface area contributed by atoms with E-state index in [4.69, 9.17) is 0 Å². The Morgan fingerprint density at radius 2 is 1.92 bits per heavy atom. The molecule has 0 aliphatic heterocycles. The van der Waals surface area contributed by atoms with Gasteiger partial charge in [0.15, 0.2) is 5.96 Å². The molecule has 1 aromatic rings. The van der Waals surface area contributed by atoms with Crippen LogP contribution in [0.1, 0.15) is 35.7 Å². The molecule has 142 valence electrons. The predicted octanol–water partition coefficient (Wildman–Crippen LogP) is 2.06. The lowest BCUT2D eigenvalue weighted by Gasteiger charge is -2.13. The quantitative estimate of drug-likeness (QED) is 0.228. The second-order valence-corrected chi connectivity index (χ2v) is 5.97. The first kappa shape index (κ1) is 23.6. The van der Waals surface area contributed by atoms with Crippen molar-refractivity contribution in [3.8, 4) is 0 Å². The van der Waals surface area contributed by atoms with Crippen LogP contribution in [-0.4, -0.2) is 57.5 Å². The zero-order valence-electron chi connectivity index (χ0n) is 15.8. The van der Waals surface area contributed by atoms with E-state index in [2.05, 4.69) is 27.9 Å². The number of rotatable bonds is 9. The molecule has 0 fully saturated rings. The van der Waals surface area contributed by atoms with E-state index in [-0.39, 0.29) is 29.9 Å². The van der Waals surface area contributed by atoms with Gasteiger partial charge in [0, 0.05) is 38.8 Å². The Morgan fingerprint density at radius 3 is 2.56 bits per heavy atom. The smallest absolute Gasteiger partial charge is 0.251 e. The van der Waals surface area contributed by atoms with Crippen LogP contribution in [0, 0.1) is 0 Å². The Hall–Kier alpha value is -1.35. The molecule has 0 spiro atoms. The van der Waals surface area contributed by atoms with Gasteiger partial charge in [-0.3, -0.25) is 9.79 Å². The van der Waals surface area contributed by atoms with Crippen molar-refractivity contribution in [3.63, 3.8) is 0 Å². The van der Waals surface area contributed by atoms with Crippen LogP contribution in [-0.2, 0) is 6.54 Å². The fourth-order valence-corrected chi connectivity index (χ4v) is 2.11. The van der Waals surface area contributed by atoms with E-state index >= 15 is 0 Å². The Labute approximate surface area is 168 Å². The van der Waals surface area contributed by atoms with E-state index in [1.54, 1.807) is 7.05 Å². The number of amides is 1. The summed E-state index contributed by atoms with van der Waals surface area (Å²) >= 11 is 0. The summed E-state index contributed by atoms with van der Waals surface area (Å²) in [6.07, 6.45) is 2.26. The van der Waals surface area contributed by atoms with E-state index in [0.717, 1.165) is 37.5 Å². The molecular formula is C18H32IN5O. The van der Waals surface area contributed by atoms with Gasteiger partial charge in [-0.2, -0.15) is 0 Å². The molecular weight excluding hydrogens is 429 g/mol. The van der Waals surface area contributed by atoms with E-state index in [9.17, 15) is 4.79 Å². The highest BCUT2D eigenvalue weighted by Crippen LogP contribution is 2.05. The van der Waals surface area contributed by atoms with Gasteiger partial charge in [0.2, 0.25) is 0 Å². The normalized spacial score (nSPS) is 11.0. The number of carbonyl (C=O) groups is 1. The zero-order chi connectivity index (χ0) is 17.8. The number of likely N-dealkylation sites (N-methyl/N-ethyl adjacent to an activating group) is 1. The van der Waals surface area contributed by atoms with Crippen molar-refractivity contribution in [2.24, 2.45) is 4.99 Å². The lowest BCUT2D eigenvalue weighted by molar-refractivity contribution is 0.0951. The molecule has 0 saturated heterocycles. The summed E-state index contributed by atoms with van der Waals surface area (Å²) in [6.45, 7) is 5.16. The fourth-order valence-electron chi connectivity index (χ4n) is 2.11. The summed E-state index contributed by atoms with van der Waals surface area (Å²) in [5.74, 6) is 0.744. The van der Waals surface area contributed by atoms with Gasteiger partial charge in [-0.15, -0.1) is 24.0 Å². The van der Waals surface area contributed by atoms with Gasteiger partial charge in [-0.05, 0) is 38.2 Å². The maximum Gasteiger partial charge on any atom is 0.251 e. The molecule has 1 amide bonds. The van der Waals surface area contributed by atoms with E-state index in [0.29, 0.717) is 18.7 Å². The van der Waals surface area contributed by atoms with Crippen LogP contribution in [0.2, 0.25) is 0 Å². The van der Waals surface area contributed by atoms with Crippen molar-refractivity contribution in [2.45, 2.75) is 26.3 Å². The summed E-state index contributed by atoms with van der Waals surface area (Å²) in [5, 5.41) is 9.47. The SMILES string of the molecule is CCCCNC(=NC)NCc1cccc(C(=O)NCCN(C)C)c1.I. The van der Waals surface area contributed by atoms with Crippen LogP contribution in [0.4, 0.5) is 0 Å². The third kappa shape index (κ3) is 10.3. The van der Waals surface area contributed by atoms with E-state index in [1.165, 1.54) is 0 Å². The first-order chi connectivity index (χ1) is 11.6. The maximum absolute atomic E-state index is 12.2. The highest BCUT2D eigenvalue weighted by molar-refractivity contribution is 14.0. The van der Waals surface area contributed by atoms with Crippen molar-refractivity contribution in [1.29, 1.82) is 0 Å². The molecule has 7 heteroatoms. The summed E-state index contributed by atoms with van der Waals surface area (Å²) in [5.41, 5.74) is 1.73. The third-order valence-corrected chi connectivity index (χ3v) is 3.54. The summed E-state index contributed by atoms with van der Waals surface area (Å²) in [7, 11) is 5.73. The third-order valence-electron chi connectivity index (χ3n) is 3.54. The van der Waals surface area contributed by atoms with Crippen LogP contribution >= 0.6 is 24.0 Å². The predicted molar refractivity (Wildman–Crippen MR) is 116 cm³/mol. The molecule has 0 saturated carbocycles. The topological polar surface area (TPSA) is 68.8 Å². The number of guanidine groups is 1. The minimum absolute atomic E-state index is 0. The molecule has 0 radical (unpaired) electrons. The van der Waals surface area contributed by atoms with E-state index in [1.807, 2.05) is 43.3 Å². The summed E-state index contributed by atoms with van der Waals surface area (Å²) in [4.78, 5) is 18.4. The highest BCUT2D eigenvalue weighted by Gasteiger charge is 2.06. The minimum atomic E-state index is -0.0378. The van der Waals surface area contributed by atoms with Gasteiger partial charge >= 0.3 is 0 Å². The lowest BCUT2D eigenvalue weighted by Crippen LogP contribution is -2.37. The van der Waals surface area contributed by atoms with Crippen molar-refractivity contribution in [1.82, 2.24) is 20.9 Å². The molecule has 1 aromatic carbocycles. The number of unbranched alkanes of at least 4 members (excludes halogenated alkanes) is 1. The average molecular weight is 461 g/mol. The number of aliphatic imine (C=N–C) groups is 1. The van der Waals surface area contributed by atoms with Gasteiger partial charge in [0.1, 0.15) is 0 Å². The first-order valence-corrected chi connectivity index (χ1v) is 8.53. The van der Waals surface area contributed by atoms with Gasteiger partial charge in [-0.1, -0.05) is 25.5 Å². The Kier molecular flexibility index (Phi) is 13.1. The molecule has 3 N–H and O–H groups in total. The highest BCUT2D eigenvalue weighted by atomic mass is 127. The summed E-state index contributed by atoms with van der Waals surface area (Å²) < 4.78 is 0. The Balaban J connectivity index is 0.00000576. The number of hydrogen-bond acceptors (Lipinski definition) is 3. The molecule has 0 heterocycles. The van der Waals surface area contributed by atoms with Crippen LogP contribution in [0.3, 0.4) is 0 Å². The van der Waals surface area contributed by atoms with Gasteiger partial charge < -0.3 is 20.9 Å². The van der Waals surface area contributed by atoms with Crippen LogP contribution < -0.4 is 16.0 Å². The molecule has 0 unspecified atom stereocenters. The van der Waals surface area contributed by atoms with Crippen molar-refractivity contribution >= 4 is 35.8 Å². The van der Waals surface area contributed by atoms with Crippen molar-refractivity contribution in [3.05, 3.63) is 35.4 Å². The molecule has 1 rings (SSSR count). The second-order valence-electron chi connectivity index (χ2n) is 5.97. The lowest BCUT2D eigenvalue weighted by atomic mass is 10.1. The van der Waals surface area contributed by atoms with Gasteiger partial charge in [0.05, 0.1) is 0 Å². The molecule has 0 aliphatic carbocycles. The molecule has 0 atom stereocenters. The first-order valence-electron chi connectivity index (χ1n) is 8.53. The monoisotopic (exact) mass is 461 g/mol. The van der Waals surface area contributed by atoms with E-state index < -0.39 is 0 Å². The number of benzene rings is 1. The molecule has 0 aliphatic rings. The summed E-state index contributed by atoms with van der Waals surface area (Å²) in [6, 6.07) is 7.66. The largest absolute Gasteiger partial charge is 0.356 e. The standard InChI is InChI=1S/C18H31N5O.HI/c1-5-6-10-21-18(19-2)22-14-15-8-7-9-16(13-15)17(24)20-11-12-23(3)4;/h7-9,13H,5-6,10-12,14H2,1-4H3,(H,20,24)(H2,19,21,22);1H. The van der Waals surface area contributed by atoms with Crippen LogP contribution in [0.5, 0.6) is 0 Å². The fraction of sp³-hybridized carbons (Fsp3) is 0.556. The second kappa shape index (κ2) is 13.9. The Bertz CT molecular complexity index is 534. The van der Waals surface area contributed by atoms with Gasteiger partial charge in [0.25, 0.3) is 5.91 Å². The maximum atomic E-state index is 12.2. The minimum Gasteiger partial charge on any atom is -0.356 e. The van der Waals surface area contributed by atoms with Gasteiger partial charge in [-0.25, -0.2) is 0 Å². The van der Waals surface area contributed by atoms with Crippen LogP contribution in [0.25, 0.3) is 0 Å². The van der Waals surface area contributed by atoms with Crippen molar-refractivity contribution in [2.75, 3.05) is 40.8 Å². The zero-order valence-corrected chi connectivity index (χ0v) is 18.1.